The molecule has 1 aliphatic heterocycles. The highest BCUT2D eigenvalue weighted by atomic mass is 16.5. The molecule has 7 nitrogen and oxygen atoms in total. The minimum atomic E-state index is -0.881. The number of ether oxygens (including phenoxy) is 1. The van der Waals surface area contributed by atoms with E-state index in [9.17, 15) is 9.90 Å². The Balaban J connectivity index is 1.68. The predicted molar refractivity (Wildman–Crippen MR) is 129 cm³/mol. The normalized spacial score (nSPS) is 12.6. The fourth-order valence-corrected chi connectivity index (χ4v) is 4.83. The lowest BCUT2D eigenvalue weighted by atomic mass is 9.87. The summed E-state index contributed by atoms with van der Waals surface area (Å²) in [6.07, 6.45) is 7.48. The summed E-state index contributed by atoms with van der Waals surface area (Å²) in [4.78, 5) is 29.6. The van der Waals surface area contributed by atoms with Crippen LogP contribution in [0.25, 0.3) is 44.2 Å². The number of aromatic nitrogens is 4. The zero-order valence-electron chi connectivity index (χ0n) is 18.4. The van der Waals surface area contributed by atoms with Gasteiger partial charge in [0.05, 0.1) is 29.8 Å². The van der Waals surface area contributed by atoms with E-state index in [2.05, 4.69) is 9.97 Å². The fourth-order valence-electron chi connectivity index (χ4n) is 4.83. The van der Waals surface area contributed by atoms with Gasteiger partial charge in [0.1, 0.15) is 12.1 Å². The Hall–Kier alpha value is -4.39. The number of aliphatic carboxylic acids is 1. The van der Waals surface area contributed by atoms with Crippen LogP contribution in [0.5, 0.6) is 5.75 Å². The van der Waals surface area contributed by atoms with Crippen molar-refractivity contribution in [2.75, 3.05) is 6.61 Å². The number of rotatable bonds is 4. The Labute approximate surface area is 195 Å². The van der Waals surface area contributed by atoms with Gasteiger partial charge in [0.15, 0.2) is 0 Å². The molecule has 166 valence electrons. The maximum Gasteiger partial charge on any atom is 0.307 e. The van der Waals surface area contributed by atoms with E-state index in [1.54, 1.807) is 12.4 Å². The van der Waals surface area contributed by atoms with Crippen LogP contribution in [0.1, 0.15) is 16.7 Å². The number of carboxylic acids is 1. The Bertz CT molecular complexity index is 1590. The molecule has 3 aromatic heterocycles. The molecule has 0 bridgehead atoms. The first-order chi connectivity index (χ1) is 16.6. The molecule has 4 heterocycles. The zero-order chi connectivity index (χ0) is 23.2. The van der Waals surface area contributed by atoms with Gasteiger partial charge >= 0.3 is 5.97 Å². The molecule has 0 atom stereocenters. The molecule has 0 amide bonds. The molecule has 2 aromatic carbocycles. The number of carbonyl (C=O) groups is 1. The average molecular weight is 448 g/mol. The van der Waals surface area contributed by atoms with E-state index in [0.717, 1.165) is 67.5 Å². The van der Waals surface area contributed by atoms with Gasteiger partial charge in [-0.25, -0.2) is 15.0 Å². The van der Waals surface area contributed by atoms with Crippen LogP contribution in [-0.2, 0) is 17.6 Å². The highest BCUT2D eigenvalue weighted by Gasteiger charge is 2.22. The van der Waals surface area contributed by atoms with Crippen molar-refractivity contribution in [2.24, 2.45) is 0 Å². The van der Waals surface area contributed by atoms with Crippen LogP contribution in [0.2, 0.25) is 0 Å². The highest BCUT2D eigenvalue weighted by Crippen LogP contribution is 2.42. The van der Waals surface area contributed by atoms with Gasteiger partial charge in [-0.15, -0.1) is 0 Å². The molecular formula is C27H20N4O3. The first-order valence-corrected chi connectivity index (χ1v) is 11.0. The molecule has 0 fully saturated rings. The Morgan fingerprint density at radius 3 is 2.79 bits per heavy atom. The molecule has 0 aliphatic carbocycles. The van der Waals surface area contributed by atoms with Crippen molar-refractivity contribution < 1.29 is 14.6 Å². The van der Waals surface area contributed by atoms with Crippen molar-refractivity contribution in [3.8, 4) is 28.1 Å². The van der Waals surface area contributed by atoms with Crippen molar-refractivity contribution in [3.63, 3.8) is 0 Å². The van der Waals surface area contributed by atoms with Gasteiger partial charge in [0.25, 0.3) is 0 Å². The van der Waals surface area contributed by atoms with Gasteiger partial charge < -0.3 is 9.84 Å². The lowest BCUT2D eigenvalue weighted by Gasteiger charge is -2.21. The number of aryl methyl sites for hydroxylation is 1. The molecule has 1 N–H and O–H groups in total. The summed E-state index contributed by atoms with van der Waals surface area (Å²) in [6.45, 7) is 2.57. The Kier molecular flexibility index (Phi) is 4.69. The second-order valence-electron chi connectivity index (χ2n) is 8.41. The van der Waals surface area contributed by atoms with E-state index in [-0.39, 0.29) is 6.42 Å². The molecule has 0 saturated heterocycles. The van der Waals surface area contributed by atoms with E-state index in [1.807, 2.05) is 49.5 Å². The third-order valence-corrected chi connectivity index (χ3v) is 6.35. The van der Waals surface area contributed by atoms with E-state index < -0.39 is 5.97 Å². The highest BCUT2D eigenvalue weighted by molar-refractivity contribution is 6.08. The van der Waals surface area contributed by atoms with Crippen molar-refractivity contribution in [3.05, 3.63) is 78.0 Å². The number of nitrogens with zero attached hydrogens (tertiary/aromatic N) is 4. The summed E-state index contributed by atoms with van der Waals surface area (Å²) >= 11 is 0. The summed E-state index contributed by atoms with van der Waals surface area (Å²) in [5.74, 6) is -0.0666. The largest absolute Gasteiger partial charge is 0.493 e. The molecule has 34 heavy (non-hydrogen) atoms. The summed E-state index contributed by atoms with van der Waals surface area (Å²) < 4.78 is 5.90. The first kappa shape index (κ1) is 20.2. The summed E-state index contributed by atoms with van der Waals surface area (Å²) in [5.41, 5.74) is 7.72. The van der Waals surface area contributed by atoms with Crippen LogP contribution >= 0.6 is 0 Å². The molecule has 5 aromatic rings. The fraction of sp³-hybridized carbons (Fsp3) is 0.148. The van der Waals surface area contributed by atoms with Gasteiger partial charge in [-0.1, -0.05) is 6.07 Å². The Morgan fingerprint density at radius 2 is 1.97 bits per heavy atom. The van der Waals surface area contributed by atoms with Crippen LogP contribution in [0.4, 0.5) is 0 Å². The van der Waals surface area contributed by atoms with Gasteiger partial charge in [0, 0.05) is 46.9 Å². The van der Waals surface area contributed by atoms with E-state index >= 15 is 0 Å². The van der Waals surface area contributed by atoms with Gasteiger partial charge in [-0.3, -0.25) is 9.78 Å². The molecule has 0 saturated carbocycles. The van der Waals surface area contributed by atoms with Crippen LogP contribution in [0.15, 0.2) is 61.3 Å². The molecule has 6 rings (SSSR count). The SMILES string of the molecule is Cc1cc2nc(-c3cncnc3)ccc2c(-c2ccc3c4c(ccnc24)CCO3)c1CC(=O)O. The smallest absolute Gasteiger partial charge is 0.307 e. The molecular weight excluding hydrogens is 428 g/mol. The lowest BCUT2D eigenvalue weighted by molar-refractivity contribution is -0.136. The zero-order valence-corrected chi connectivity index (χ0v) is 18.4. The van der Waals surface area contributed by atoms with Crippen LogP contribution in [-0.4, -0.2) is 37.6 Å². The van der Waals surface area contributed by atoms with Crippen molar-refractivity contribution in [1.82, 2.24) is 19.9 Å². The van der Waals surface area contributed by atoms with Gasteiger partial charge in [0.2, 0.25) is 0 Å². The third-order valence-electron chi connectivity index (χ3n) is 6.35. The van der Waals surface area contributed by atoms with Gasteiger partial charge in [-0.2, -0.15) is 0 Å². The number of benzene rings is 2. The molecule has 0 unspecified atom stereocenters. The predicted octanol–water partition coefficient (Wildman–Crippen LogP) is 4.78. The average Bonchev–Trinajstić information content (AvgIpc) is 2.85. The first-order valence-electron chi connectivity index (χ1n) is 11.0. The molecule has 1 aliphatic rings. The molecule has 0 spiro atoms. The van der Waals surface area contributed by atoms with Crippen molar-refractivity contribution in [2.45, 2.75) is 19.8 Å². The van der Waals surface area contributed by atoms with Crippen molar-refractivity contribution >= 4 is 27.8 Å². The monoisotopic (exact) mass is 448 g/mol. The van der Waals surface area contributed by atoms with Crippen LogP contribution < -0.4 is 4.74 Å². The maximum absolute atomic E-state index is 11.8. The number of hydrogen-bond donors (Lipinski definition) is 1. The van der Waals surface area contributed by atoms with E-state index in [1.165, 1.54) is 11.9 Å². The number of carboxylic acid groups (broad SMARTS) is 1. The van der Waals surface area contributed by atoms with Crippen LogP contribution in [0.3, 0.4) is 0 Å². The number of pyridine rings is 2. The van der Waals surface area contributed by atoms with E-state index in [4.69, 9.17) is 14.7 Å². The number of fused-ring (bicyclic) bond motifs is 1. The van der Waals surface area contributed by atoms with E-state index in [0.29, 0.717) is 6.61 Å². The second kappa shape index (κ2) is 7.88. The van der Waals surface area contributed by atoms with Gasteiger partial charge in [-0.05, 0) is 59.5 Å². The Morgan fingerprint density at radius 1 is 1.12 bits per heavy atom. The van der Waals surface area contributed by atoms with Crippen molar-refractivity contribution in [1.29, 1.82) is 0 Å². The topological polar surface area (TPSA) is 98.1 Å². The second-order valence-corrected chi connectivity index (χ2v) is 8.41. The third kappa shape index (κ3) is 3.25. The minimum Gasteiger partial charge on any atom is -0.493 e. The summed E-state index contributed by atoms with van der Waals surface area (Å²) in [7, 11) is 0. The minimum absolute atomic E-state index is 0.0924. The molecule has 7 heteroatoms. The standard InChI is InChI=1S/C27H20N4O3/c1-15-10-22-18(2-4-21(31-22)17-12-28-14-29-13-17)26(20(15)11-24(32)33)19-3-5-23-25-16(7-9-34-23)6-8-30-27(19)25/h2-6,8,10,12-14H,7,9,11H2,1H3,(H,32,33). The number of hydrogen-bond acceptors (Lipinski definition) is 6. The lowest BCUT2D eigenvalue weighted by Crippen LogP contribution is -2.10. The summed E-state index contributed by atoms with van der Waals surface area (Å²) in [5, 5.41) is 11.6. The molecule has 0 radical (unpaired) electrons. The quantitative estimate of drug-likeness (QED) is 0.423. The van der Waals surface area contributed by atoms with Crippen LogP contribution in [0, 0.1) is 6.92 Å². The maximum atomic E-state index is 11.8. The summed E-state index contributed by atoms with van der Waals surface area (Å²) in [6, 6.07) is 11.8.